The van der Waals surface area contributed by atoms with Crippen LogP contribution in [0, 0.1) is 0 Å². The van der Waals surface area contributed by atoms with Crippen molar-refractivity contribution in [2.75, 3.05) is 6.61 Å². The predicted molar refractivity (Wildman–Crippen MR) is 116 cm³/mol. The fourth-order valence-corrected chi connectivity index (χ4v) is 4.14. The molecule has 1 aromatic carbocycles. The van der Waals surface area contributed by atoms with Gasteiger partial charge < -0.3 is 9.47 Å². The van der Waals surface area contributed by atoms with E-state index in [2.05, 4.69) is 4.98 Å². The molecule has 2 heterocycles. The van der Waals surface area contributed by atoms with E-state index in [1.165, 1.54) is 6.07 Å². The second-order valence-corrected chi connectivity index (χ2v) is 8.26. The molecule has 3 aromatic rings. The van der Waals surface area contributed by atoms with Gasteiger partial charge in [-0.2, -0.15) is 13.2 Å². The van der Waals surface area contributed by atoms with Crippen LogP contribution >= 0.6 is 22.9 Å². The van der Waals surface area contributed by atoms with Crippen molar-refractivity contribution in [1.82, 2.24) is 9.55 Å². The third-order valence-corrected chi connectivity index (χ3v) is 5.76. The number of aromatic nitrogens is 2. The molecular weight excluding hydrogens is 469 g/mol. The van der Waals surface area contributed by atoms with E-state index >= 15 is 0 Å². The molecule has 0 saturated heterocycles. The van der Waals surface area contributed by atoms with Gasteiger partial charge in [0.2, 0.25) is 0 Å². The number of hydrogen-bond acceptors (Lipinski definition) is 6. The minimum absolute atomic E-state index is 0.124. The number of hydrogen-bond donors (Lipinski definition) is 0. The quantitative estimate of drug-likeness (QED) is 0.385. The Kier molecular flexibility index (Phi) is 7.45. The molecule has 0 aliphatic heterocycles. The number of alkyl halides is 3. The normalized spacial score (nSPS) is 12.7. The third kappa shape index (κ3) is 5.24. The van der Waals surface area contributed by atoms with Gasteiger partial charge in [0.1, 0.15) is 5.75 Å². The molecule has 0 aliphatic rings. The van der Waals surface area contributed by atoms with Gasteiger partial charge in [-0.1, -0.05) is 36.3 Å². The SMILES string of the molecule is CCCCC(Oc1ccc2sc(=O)n(-c3ncc(C(F)(F)F)cc3Cl)c2c1)C(=O)OCC. The van der Waals surface area contributed by atoms with Gasteiger partial charge in [-0.15, -0.1) is 0 Å². The lowest BCUT2D eigenvalue weighted by Crippen LogP contribution is -2.29. The van der Waals surface area contributed by atoms with Crippen molar-refractivity contribution >= 4 is 39.1 Å². The number of carbonyl (C=O) groups is 1. The smallest absolute Gasteiger partial charge is 0.417 e. The second-order valence-electron chi connectivity index (χ2n) is 6.86. The number of thiazole rings is 1. The van der Waals surface area contributed by atoms with Crippen LogP contribution in [0.5, 0.6) is 5.75 Å². The summed E-state index contributed by atoms with van der Waals surface area (Å²) < 4.78 is 51.4. The number of unbranched alkanes of at least 4 members (excludes halogenated alkanes) is 1. The fraction of sp³-hybridized carbons (Fsp3) is 0.381. The summed E-state index contributed by atoms with van der Waals surface area (Å²) in [6.07, 6.45) is -2.74. The average Bonchev–Trinajstić information content (AvgIpc) is 3.05. The Labute approximate surface area is 190 Å². The summed E-state index contributed by atoms with van der Waals surface area (Å²) in [7, 11) is 0. The number of rotatable bonds is 8. The van der Waals surface area contributed by atoms with Crippen LogP contribution in [0.3, 0.4) is 0 Å². The van der Waals surface area contributed by atoms with E-state index in [1.54, 1.807) is 19.1 Å². The maximum absolute atomic E-state index is 12.9. The number of carbonyl (C=O) groups excluding carboxylic acids is 1. The Morgan fingerprint density at radius 1 is 1.28 bits per heavy atom. The molecular formula is C21H20ClF3N2O4S. The summed E-state index contributed by atoms with van der Waals surface area (Å²) in [6, 6.07) is 5.50. The summed E-state index contributed by atoms with van der Waals surface area (Å²) in [4.78, 5) is 28.1. The number of ether oxygens (including phenoxy) is 2. The van der Waals surface area contributed by atoms with E-state index in [4.69, 9.17) is 21.1 Å². The van der Waals surface area contributed by atoms with Crippen molar-refractivity contribution in [2.45, 2.75) is 45.4 Å². The molecule has 172 valence electrons. The predicted octanol–water partition coefficient (Wildman–Crippen LogP) is 5.62. The zero-order valence-electron chi connectivity index (χ0n) is 17.2. The topological polar surface area (TPSA) is 70.4 Å². The second kappa shape index (κ2) is 9.91. The highest BCUT2D eigenvalue weighted by Gasteiger charge is 2.32. The molecule has 11 heteroatoms. The summed E-state index contributed by atoms with van der Waals surface area (Å²) >= 11 is 6.93. The average molecular weight is 489 g/mol. The lowest BCUT2D eigenvalue weighted by atomic mass is 10.1. The van der Waals surface area contributed by atoms with Gasteiger partial charge in [0.05, 0.1) is 27.4 Å². The summed E-state index contributed by atoms with van der Waals surface area (Å²) in [5.41, 5.74) is -0.666. The van der Waals surface area contributed by atoms with Crippen molar-refractivity contribution in [1.29, 1.82) is 0 Å². The maximum atomic E-state index is 12.9. The highest BCUT2D eigenvalue weighted by atomic mass is 35.5. The van der Waals surface area contributed by atoms with Gasteiger partial charge in [0.25, 0.3) is 0 Å². The summed E-state index contributed by atoms with van der Waals surface area (Å²) in [6.45, 7) is 3.90. The highest BCUT2D eigenvalue weighted by molar-refractivity contribution is 7.16. The Morgan fingerprint density at radius 3 is 2.66 bits per heavy atom. The molecule has 32 heavy (non-hydrogen) atoms. The van der Waals surface area contributed by atoms with Crippen LogP contribution in [-0.4, -0.2) is 28.2 Å². The van der Waals surface area contributed by atoms with Crippen LogP contribution < -0.4 is 9.61 Å². The number of fused-ring (bicyclic) bond motifs is 1. The number of halogens is 4. The zero-order valence-corrected chi connectivity index (χ0v) is 18.8. The first-order chi connectivity index (χ1) is 15.2. The van der Waals surface area contributed by atoms with Gasteiger partial charge in [-0.25, -0.2) is 14.3 Å². The molecule has 0 spiro atoms. The van der Waals surface area contributed by atoms with Crippen molar-refractivity contribution < 1.29 is 27.4 Å². The first kappa shape index (κ1) is 24.1. The first-order valence-corrected chi connectivity index (χ1v) is 11.1. The van der Waals surface area contributed by atoms with Gasteiger partial charge in [-0.05, 0) is 38.0 Å². The number of esters is 1. The van der Waals surface area contributed by atoms with Crippen LogP contribution in [0.4, 0.5) is 13.2 Å². The lowest BCUT2D eigenvalue weighted by Gasteiger charge is -2.17. The fourth-order valence-electron chi connectivity index (χ4n) is 3.03. The minimum Gasteiger partial charge on any atom is -0.479 e. The molecule has 0 saturated carbocycles. The Hall–Kier alpha value is -2.59. The van der Waals surface area contributed by atoms with Gasteiger partial charge >= 0.3 is 17.0 Å². The van der Waals surface area contributed by atoms with E-state index in [1.807, 2.05) is 6.92 Å². The molecule has 1 atom stereocenters. The van der Waals surface area contributed by atoms with Crippen molar-refractivity contribution in [3.05, 3.63) is 50.7 Å². The van der Waals surface area contributed by atoms with Crippen LogP contribution in [0.2, 0.25) is 5.02 Å². The molecule has 0 bridgehead atoms. The molecule has 0 amide bonds. The molecule has 2 aromatic heterocycles. The van der Waals surface area contributed by atoms with Crippen molar-refractivity contribution in [2.24, 2.45) is 0 Å². The standard InChI is InChI=1S/C21H20ClF3N2O4S/c1-3-5-6-16(19(28)30-4-2)31-13-7-8-17-15(10-13)27(20(29)32-17)18-14(22)9-12(11-26-18)21(23,24)25/h7-11,16H,3-6H2,1-2H3. The van der Waals surface area contributed by atoms with Crippen molar-refractivity contribution in [3.63, 3.8) is 0 Å². The van der Waals surface area contributed by atoms with Gasteiger partial charge in [-0.3, -0.25) is 4.79 Å². The minimum atomic E-state index is -4.61. The van der Waals surface area contributed by atoms with Gasteiger partial charge in [0.15, 0.2) is 11.9 Å². The zero-order chi connectivity index (χ0) is 23.5. The summed E-state index contributed by atoms with van der Waals surface area (Å²) in [5, 5.41) is -0.319. The van der Waals surface area contributed by atoms with Crippen LogP contribution in [0.25, 0.3) is 16.0 Å². The first-order valence-electron chi connectivity index (χ1n) is 9.87. The molecule has 6 nitrogen and oxygen atoms in total. The Morgan fingerprint density at radius 2 is 2.03 bits per heavy atom. The van der Waals surface area contributed by atoms with E-state index in [0.29, 0.717) is 28.6 Å². The largest absolute Gasteiger partial charge is 0.479 e. The number of benzene rings is 1. The molecule has 1 unspecified atom stereocenters. The summed E-state index contributed by atoms with van der Waals surface area (Å²) in [5.74, 6) is -0.307. The number of pyridine rings is 1. The molecule has 3 rings (SSSR count). The number of nitrogens with zero attached hydrogens (tertiary/aromatic N) is 2. The lowest BCUT2D eigenvalue weighted by molar-refractivity contribution is -0.151. The highest BCUT2D eigenvalue weighted by Crippen LogP contribution is 2.33. The molecule has 0 aliphatic carbocycles. The molecule has 0 N–H and O–H groups in total. The van der Waals surface area contributed by atoms with Crippen LogP contribution in [0.1, 0.15) is 38.7 Å². The van der Waals surface area contributed by atoms with Crippen LogP contribution in [-0.2, 0) is 15.7 Å². The Balaban J connectivity index is 2.02. The molecule has 0 radical (unpaired) electrons. The van der Waals surface area contributed by atoms with E-state index in [0.717, 1.165) is 34.8 Å². The Bertz CT molecular complexity index is 1180. The van der Waals surface area contributed by atoms with E-state index in [9.17, 15) is 22.8 Å². The third-order valence-electron chi connectivity index (χ3n) is 4.56. The van der Waals surface area contributed by atoms with Gasteiger partial charge in [0, 0.05) is 12.3 Å². The van der Waals surface area contributed by atoms with Crippen LogP contribution in [0.15, 0.2) is 35.3 Å². The molecule has 0 fully saturated rings. The van der Waals surface area contributed by atoms with Crippen molar-refractivity contribution in [3.8, 4) is 11.6 Å². The maximum Gasteiger partial charge on any atom is 0.417 e. The van der Waals surface area contributed by atoms with E-state index in [-0.39, 0.29) is 17.4 Å². The monoisotopic (exact) mass is 488 g/mol. The van der Waals surface area contributed by atoms with E-state index < -0.39 is 28.7 Å².